The first-order valence-electron chi connectivity index (χ1n) is 5.70. The maximum absolute atomic E-state index is 8.94. The highest BCUT2D eigenvalue weighted by atomic mass is 16.3. The molecule has 4 nitrogen and oxygen atoms in total. The normalized spacial score (nSPS) is 12.6. The van der Waals surface area contributed by atoms with Gasteiger partial charge in [0.05, 0.1) is 5.52 Å². The molecule has 1 atom stereocenters. The highest BCUT2D eigenvalue weighted by Gasteiger charge is 2.01. The van der Waals surface area contributed by atoms with Crippen LogP contribution in [0, 0.1) is 5.92 Å². The number of nitrogens with zero attached hydrogens (tertiary/aromatic N) is 1. The molecule has 4 heteroatoms. The van der Waals surface area contributed by atoms with Gasteiger partial charge in [-0.15, -0.1) is 0 Å². The van der Waals surface area contributed by atoms with Crippen molar-refractivity contribution in [1.82, 2.24) is 4.98 Å². The zero-order chi connectivity index (χ0) is 12.3. The van der Waals surface area contributed by atoms with Crippen molar-refractivity contribution < 1.29 is 5.11 Å². The van der Waals surface area contributed by atoms with E-state index in [9.17, 15) is 0 Å². The smallest absolute Gasteiger partial charge is 0.126 e. The molecule has 0 saturated heterocycles. The van der Waals surface area contributed by atoms with Crippen LogP contribution in [0.15, 0.2) is 30.3 Å². The molecule has 17 heavy (non-hydrogen) atoms. The second kappa shape index (κ2) is 5.01. The van der Waals surface area contributed by atoms with Crippen LogP contribution >= 0.6 is 0 Å². The van der Waals surface area contributed by atoms with Gasteiger partial charge in [-0.1, -0.05) is 6.92 Å². The second-order valence-electron chi connectivity index (χ2n) is 4.32. The number of hydrogen-bond donors (Lipinski definition) is 3. The molecular weight excluding hydrogens is 214 g/mol. The zero-order valence-electron chi connectivity index (χ0n) is 9.85. The molecule has 2 aromatic rings. The Hall–Kier alpha value is -1.81. The topological polar surface area (TPSA) is 71.2 Å². The molecule has 4 N–H and O–H groups in total. The molecule has 2 rings (SSSR count). The molecule has 0 aliphatic carbocycles. The number of nitrogens with one attached hydrogen (secondary N) is 1. The quantitative estimate of drug-likeness (QED) is 0.702. The highest BCUT2D eigenvalue weighted by Crippen LogP contribution is 2.18. The van der Waals surface area contributed by atoms with Gasteiger partial charge in [0.15, 0.2) is 0 Å². The number of pyridine rings is 1. The first-order valence-corrected chi connectivity index (χ1v) is 5.70. The van der Waals surface area contributed by atoms with Gasteiger partial charge in [-0.05, 0) is 36.2 Å². The molecule has 0 aliphatic rings. The van der Waals surface area contributed by atoms with Gasteiger partial charge in [-0.3, -0.25) is 0 Å². The Bertz CT molecular complexity index is 513. The van der Waals surface area contributed by atoms with Gasteiger partial charge in [0.1, 0.15) is 5.82 Å². The average molecular weight is 231 g/mol. The minimum absolute atomic E-state index is 0.178. The van der Waals surface area contributed by atoms with Crippen LogP contribution in [0.1, 0.15) is 6.92 Å². The number of fused-ring (bicyclic) bond motifs is 1. The summed E-state index contributed by atoms with van der Waals surface area (Å²) < 4.78 is 0. The van der Waals surface area contributed by atoms with Gasteiger partial charge in [-0.25, -0.2) is 4.98 Å². The molecule has 1 unspecified atom stereocenters. The van der Waals surface area contributed by atoms with E-state index in [1.807, 2.05) is 37.3 Å². The van der Waals surface area contributed by atoms with Crippen molar-refractivity contribution in [2.24, 2.45) is 5.92 Å². The number of aromatic nitrogens is 1. The van der Waals surface area contributed by atoms with Crippen LogP contribution in [0.2, 0.25) is 0 Å². The molecular formula is C13H17N3O. The lowest BCUT2D eigenvalue weighted by Crippen LogP contribution is -2.15. The minimum Gasteiger partial charge on any atom is -0.399 e. The molecule has 0 fully saturated rings. The molecule has 0 saturated carbocycles. The van der Waals surface area contributed by atoms with Crippen molar-refractivity contribution in [2.45, 2.75) is 6.92 Å². The molecule has 0 bridgehead atoms. The third kappa shape index (κ3) is 2.85. The third-order valence-corrected chi connectivity index (χ3v) is 2.66. The predicted molar refractivity (Wildman–Crippen MR) is 70.9 cm³/mol. The number of anilines is 2. The number of nitrogens with two attached hydrogens (primary N) is 1. The van der Waals surface area contributed by atoms with Crippen LogP contribution in [0.25, 0.3) is 10.9 Å². The summed E-state index contributed by atoms with van der Waals surface area (Å²) in [7, 11) is 0. The van der Waals surface area contributed by atoms with Gasteiger partial charge in [0, 0.05) is 24.2 Å². The largest absolute Gasteiger partial charge is 0.399 e. The van der Waals surface area contributed by atoms with E-state index in [2.05, 4.69) is 10.3 Å². The van der Waals surface area contributed by atoms with Crippen LogP contribution < -0.4 is 11.1 Å². The standard InChI is InChI=1S/C13H17N3O/c1-9(8-17)7-15-13-5-2-10-6-11(14)3-4-12(10)16-13/h2-6,9,17H,7-8,14H2,1H3,(H,15,16). The Morgan fingerprint density at radius 2 is 2.18 bits per heavy atom. The summed E-state index contributed by atoms with van der Waals surface area (Å²) in [5.41, 5.74) is 7.37. The molecule has 1 heterocycles. The molecule has 1 aromatic heterocycles. The van der Waals surface area contributed by atoms with E-state index in [4.69, 9.17) is 10.8 Å². The number of aliphatic hydroxyl groups excluding tert-OH is 1. The SMILES string of the molecule is CC(CO)CNc1ccc2cc(N)ccc2n1. The van der Waals surface area contributed by atoms with Gasteiger partial charge in [0.2, 0.25) is 0 Å². The number of aliphatic hydroxyl groups is 1. The van der Waals surface area contributed by atoms with Crippen molar-refractivity contribution >= 4 is 22.4 Å². The van der Waals surface area contributed by atoms with Crippen LogP contribution in [0.3, 0.4) is 0 Å². The Morgan fingerprint density at radius 3 is 2.94 bits per heavy atom. The summed E-state index contributed by atoms with van der Waals surface area (Å²) in [6.45, 7) is 2.87. The highest BCUT2D eigenvalue weighted by molar-refractivity contribution is 5.83. The van der Waals surface area contributed by atoms with Crippen molar-refractivity contribution in [3.63, 3.8) is 0 Å². The lowest BCUT2D eigenvalue weighted by molar-refractivity contribution is 0.244. The summed E-state index contributed by atoms with van der Waals surface area (Å²) in [4.78, 5) is 4.47. The van der Waals surface area contributed by atoms with Crippen molar-refractivity contribution in [3.05, 3.63) is 30.3 Å². The van der Waals surface area contributed by atoms with Crippen molar-refractivity contribution in [3.8, 4) is 0 Å². The van der Waals surface area contributed by atoms with E-state index in [-0.39, 0.29) is 12.5 Å². The fourth-order valence-corrected chi connectivity index (χ4v) is 1.59. The fourth-order valence-electron chi connectivity index (χ4n) is 1.59. The van der Waals surface area contributed by atoms with Gasteiger partial charge < -0.3 is 16.2 Å². The maximum atomic E-state index is 8.94. The summed E-state index contributed by atoms with van der Waals surface area (Å²) in [6.07, 6.45) is 0. The first kappa shape index (κ1) is 11.7. The number of benzene rings is 1. The lowest BCUT2D eigenvalue weighted by Gasteiger charge is -2.10. The van der Waals surface area contributed by atoms with Crippen LogP contribution in [-0.4, -0.2) is 23.2 Å². The summed E-state index contributed by atoms with van der Waals surface area (Å²) in [5.74, 6) is 1.04. The van der Waals surface area contributed by atoms with E-state index in [1.54, 1.807) is 0 Å². The molecule has 0 spiro atoms. The van der Waals surface area contributed by atoms with Crippen LogP contribution in [0.4, 0.5) is 11.5 Å². The summed E-state index contributed by atoms with van der Waals surface area (Å²) in [6, 6.07) is 9.57. The Morgan fingerprint density at radius 1 is 1.35 bits per heavy atom. The number of nitrogen functional groups attached to an aromatic ring is 1. The van der Waals surface area contributed by atoms with Crippen molar-refractivity contribution in [2.75, 3.05) is 24.2 Å². The number of rotatable bonds is 4. The molecule has 0 amide bonds. The first-order chi connectivity index (χ1) is 8.19. The molecule has 0 aliphatic heterocycles. The predicted octanol–water partition coefficient (Wildman–Crippen LogP) is 1.86. The lowest BCUT2D eigenvalue weighted by atomic mass is 10.2. The minimum atomic E-state index is 0.178. The van der Waals surface area contributed by atoms with Crippen LogP contribution in [0.5, 0.6) is 0 Å². The van der Waals surface area contributed by atoms with Gasteiger partial charge in [-0.2, -0.15) is 0 Å². The monoisotopic (exact) mass is 231 g/mol. The van der Waals surface area contributed by atoms with Crippen LogP contribution in [-0.2, 0) is 0 Å². The maximum Gasteiger partial charge on any atom is 0.126 e. The Balaban J connectivity index is 2.17. The molecule has 90 valence electrons. The Labute approximate surface area is 100 Å². The van der Waals surface area contributed by atoms with E-state index < -0.39 is 0 Å². The van der Waals surface area contributed by atoms with E-state index in [0.717, 1.165) is 22.4 Å². The summed E-state index contributed by atoms with van der Waals surface area (Å²) in [5, 5.41) is 13.2. The Kier molecular flexibility index (Phi) is 3.44. The van der Waals surface area contributed by atoms with E-state index in [1.165, 1.54) is 0 Å². The fraction of sp³-hybridized carbons (Fsp3) is 0.308. The zero-order valence-corrected chi connectivity index (χ0v) is 9.85. The third-order valence-electron chi connectivity index (χ3n) is 2.66. The molecule has 0 radical (unpaired) electrons. The van der Waals surface area contributed by atoms with Crippen molar-refractivity contribution in [1.29, 1.82) is 0 Å². The second-order valence-corrected chi connectivity index (χ2v) is 4.32. The van der Waals surface area contributed by atoms with Gasteiger partial charge >= 0.3 is 0 Å². The summed E-state index contributed by atoms with van der Waals surface area (Å²) >= 11 is 0. The van der Waals surface area contributed by atoms with E-state index in [0.29, 0.717) is 6.54 Å². The van der Waals surface area contributed by atoms with E-state index >= 15 is 0 Å². The molecule has 1 aromatic carbocycles. The average Bonchev–Trinajstić information content (AvgIpc) is 2.35. The van der Waals surface area contributed by atoms with Gasteiger partial charge in [0.25, 0.3) is 0 Å². The number of hydrogen-bond acceptors (Lipinski definition) is 4.